The summed E-state index contributed by atoms with van der Waals surface area (Å²) in [5.41, 5.74) is 2.08. The van der Waals surface area contributed by atoms with Gasteiger partial charge in [-0.3, -0.25) is 4.79 Å². The molecule has 1 saturated heterocycles. The first kappa shape index (κ1) is 12.8. The molecule has 3 rings (SSSR count). The van der Waals surface area contributed by atoms with Gasteiger partial charge in [0.05, 0.1) is 0 Å². The standard InChI is InChI=1S/C16H21NO2/c18-11-13-2-1-3-14(8-13)15-9-16(15)17-10-12-4-6-19-7-5-12/h1-3,8,11-12,15-17H,4-7,9-10H2. The SMILES string of the molecule is O=Cc1cccc(C2CC2NCC2CCOCC2)c1. The van der Waals surface area contributed by atoms with Gasteiger partial charge < -0.3 is 10.1 Å². The van der Waals surface area contributed by atoms with E-state index in [2.05, 4.69) is 11.4 Å². The summed E-state index contributed by atoms with van der Waals surface area (Å²) in [5.74, 6) is 1.37. The Balaban J connectivity index is 1.48. The molecule has 2 unspecified atom stereocenters. The predicted molar refractivity (Wildman–Crippen MR) is 74.5 cm³/mol. The zero-order valence-corrected chi connectivity index (χ0v) is 11.2. The number of hydrogen-bond donors (Lipinski definition) is 1. The highest BCUT2D eigenvalue weighted by molar-refractivity contribution is 5.75. The molecule has 2 atom stereocenters. The molecule has 0 bridgehead atoms. The van der Waals surface area contributed by atoms with Crippen LogP contribution >= 0.6 is 0 Å². The van der Waals surface area contributed by atoms with Gasteiger partial charge in [0.25, 0.3) is 0 Å². The first-order valence-corrected chi connectivity index (χ1v) is 7.23. The second kappa shape index (κ2) is 5.85. The summed E-state index contributed by atoms with van der Waals surface area (Å²) in [4.78, 5) is 10.8. The third kappa shape index (κ3) is 3.23. The molecule has 1 N–H and O–H groups in total. The molecule has 0 amide bonds. The first-order valence-electron chi connectivity index (χ1n) is 7.23. The third-order valence-electron chi connectivity index (χ3n) is 4.27. The molecule has 2 fully saturated rings. The van der Waals surface area contributed by atoms with E-state index in [0.717, 1.165) is 37.5 Å². The van der Waals surface area contributed by atoms with Gasteiger partial charge >= 0.3 is 0 Å². The summed E-state index contributed by atoms with van der Waals surface area (Å²) in [6.45, 7) is 2.95. The molecule has 0 aromatic heterocycles. The van der Waals surface area contributed by atoms with Crippen molar-refractivity contribution in [1.29, 1.82) is 0 Å². The zero-order valence-electron chi connectivity index (χ0n) is 11.2. The van der Waals surface area contributed by atoms with Gasteiger partial charge in [0.2, 0.25) is 0 Å². The molecule has 0 radical (unpaired) electrons. The highest BCUT2D eigenvalue weighted by Crippen LogP contribution is 2.41. The van der Waals surface area contributed by atoms with E-state index in [-0.39, 0.29) is 0 Å². The van der Waals surface area contributed by atoms with Gasteiger partial charge in [-0.25, -0.2) is 0 Å². The van der Waals surface area contributed by atoms with E-state index >= 15 is 0 Å². The zero-order chi connectivity index (χ0) is 13.1. The third-order valence-corrected chi connectivity index (χ3v) is 4.27. The number of rotatable bonds is 5. The number of carbonyl (C=O) groups is 1. The number of nitrogens with one attached hydrogen (secondary N) is 1. The molecule has 1 heterocycles. The van der Waals surface area contributed by atoms with Crippen LogP contribution in [-0.4, -0.2) is 32.1 Å². The maximum absolute atomic E-state index is 10.8. The molecule has 1 aromatic rings. The van der Waals surface area contributed by atoms with Crippen molar-refractivity contribution in [3.8, 4) is 0 Å². The van der Waals surface area contributed by atoms with E-state index < -0.39 is 0 Å². The number of ether oxygens (including phenoxy) is 1. The van der Waals surface area contributed by atoms with Gasteiger partial charge in [-0.05, 0) is 43.4 Å². The summed E-state index contributed by atoms with van der Waals surface area (Å²) in [6, 6.07) is 8.60. The second-order valence-electron chi connectivity index (χ2n) is 5.70. The van der Waals surface area contributed by atoms with Crippen LogP contribution in [0.2, 0.25) is 0 Å². The lowest BCUT2D eigenvalue weighted by Gasteiger charge is -2.22. The van der Waals surface area contributed by atoms with Crippen LogP contribution in [-0.2, 0) is 4.74 Å². The van der Waals surface area contributed by atoms with Crippen LogP contribution in [0.25, 0.3) is 0 Å². The Labute approximate surface area is 114 Å². The molecule has 3 nitrogen and oxygen atoms in total. The van der Waals surface area contributed by atoms with Gasteiger partial charge in [-0.2, -0.15) is 0 Å². The highest BCUT2D eigenvalue weighted by atomic mass is 16.5. The Kier molecular flexibility index (Phi) is 3.95. The monoisotopic (exact) mass is 259 g/mol. The van der Waals surface area contributed by atoms with Crippen LogP contribution < -0.4 is 5.32 Å². The summed E-state index contributed by atoms with van der Waals surface area (Å²) < 4.78 is 5.38. The summed E-state index contributed by atoms with van der Waals surface area (Å²) in [5, 5.41) is 3.67. The molecule has 19 heavy (non-hydrogen) atoms. The largest absolute Gasteiger partial charge is 0.381 e. The van der Waals surface area contributed by atoms with Crippen LogP contribution in [0.1, 0.15) is 41.1 Å². The fraction of sp³-hybridized carbons (Fsp3) is 0.562. The van der Waals surface area contributed by atoms with Crippen molar-refractivity contribution < 1.29 is 9.53 Å². The number of carbonyl (C=O) groups excluding carboxylic acids is 1. The maximum Gasteiger partial charge on any atom is 0.150 e. The van der Waals surface area contributed by atoms with E-state index in [1.807, 2.05) is 18.2 Å². The van der Waals surface area contributed by atoms with Crippen LogP contribution in [0.5, 0.6) is 0 Å². The molecule has 2 aliphatic rings. The average molecular weight is 259 g/mol. The molecular formula is C16H21NO2. The lowest BCUT2D eigenvalue weighted by atomic mass is 10.0. The van der Waals surface area contributed by atoms with Gasteiger partial charge in [0, 0.05) is 30.7 Å². The Hall–Kier alpha value is -1.19. The molecule has 102 valence electrons. The van der Waals surface area contributed by atoms with Crippen molar-refractivity contribution in [2.24, 2.45) is 5.92 Å². The summed E-state index contributed by atoms with van der Waals surface area (Å²) in [6.07, 6.45) is 4.50. The van der Waals surface area contributed by atoms with Crippen molar-refractivity contribution in [1.82, 2.24) is 5.32 Å². The highest BCUT2D eigenvalue weighted by Gasteiger charge is 2.38. The van der Waals surface area contributed by atoms with Crippen LogP contribution in [0.4, 0.5) is 0 Å². The smallest absolute Gasteiger partial charge is 0.150 e. The lowest BCUT2D eigenvalue weighted by molar-refractivity contribution is 0.0662. The molecule has 0 spiro atoms. The molecule has 3 heteroatoms. The van der Waals surface area contributed by atoms with E-state index in [1.54, 1.807) is 0 Å². The quantitative estimate of drug-likeness (QED) is 0.825. The lowest BCUT2D eigenvalue weighted by Crippen LogP contribution is -2.29. The minimum Gasteiger partial charge on any atom is -0.381 e. The van der Waals surface area contributed by atoms with E-state index in [4.69, 9.17) is 4.74 Å². The first-order chi connectivity index (χ1) is 9.36. The minimum absolute atomic E-state index is 0.597. The second-order valence-corrected chi connectivity index (χ2v) is 5.70. The van der Waals surface area contributed by atoms with Crippen LogP contribution in [0.15, 0.2) is 24.3 Å². The van der Waals surface area contributed by atoms with Crippen LogP contribution in [0.3, 0.4) is 0 Å². The summed E-state index contributed by atoms with van der Waals surface area (Å²) in [7, 11) is 0. The minimum atomic E-state index is 0.597. The fourth-order valence-electron chi connectivity index (χ4n) is 2.92. The molecule has 1 aromatic carbocycles. The van der Waals surface area contributed by atoms with E-state index in [1.165, 1.54) is 24.8 Å². The van der Waals surface area contributed by atoms with Crippen LogP contribution in [0, 0.1) is 5.92 Å². The van der Waals surface area contributed by atoms with Crippen molar-refractivity contribution in [3.63, 3.8) is 0 Å². The molecular weight excluding hydrogens is 238 g/mol. The average Bonchev–Trinajstić information content (AvgIpc) is 3.26. The van der Waals surface area contributed by atoms with E-state index in [9.17, 15) is 4.79 Å². The van der Waals surface area contributed by atoms with E-state index in [0.29, 0.717) is 12.0 Å². The Bertz CT molecular complexity index is 440. The van der Waals surface area contributed by atoms with Crippen molar-refractivity contribution in [2.75, 3.05) is 19.8 Å². The molecule has 1 aliphatic carbocycles. The summed E-state index contributed by atoms with van der Waals surface area (Å²) >= 11 is 0. The maximum atomic E-state index is 10.8. The predicted octanol–water partition coefficient (Wildman–Crippen LogP) is 2.37. The van der Waals surface area contributed by atoms with Crippen molar-refractivity contribution in [3.05, 3.63) is 35.4 Å². The van der Waals surface area contributed by atoms with Gasteiger partial charge in [-0.1, -0.05) is 18.2 Å². The Morgan fingerprint density at radius 2 is 2.16 bits per heavy atom. The topological polar surface area (TPSA) is 38.3 Å². The number of benzene rings is 1. The van der Waals surface area contributed by atoms with Crippen molar-refractivity contribution >= 4 is 6.29 Å². The Morgan fingerprint density at radius 3 is 2.95 bits per heavy atom. The van der Waals surface area contributed by atoms with Gasteiger partial charge in [0.1, 0.15) is 6.29 Å². The van der Waals surface area contributed by atoms with Crippen molar-refractivity contribution in [2.45, 2.75) is 31.2 Å². The molecule has 1 aliphatic heterocycles. The normalized spacial score (nSPS) is 27.2. The van der Waals surface area contributed by atoms with Gasteiger partial charge in [-0.15, -0.1) is 0 Å². The molecule has 1 saturated carbocycles. The Morgan fingerprint density at radius 1 is 1.32 bits per heavy atom. The number of hydrogen-bond acceptors (Lipinski definition) is 3. The fourth-order valence-corrected chi connectivity index (χ4v) is 2.92. The van der Waals surface area contributed by atoms with Gasteiger partial charge in [0.15, 0.2) is 0 Å². The number of aldehydes is 1.